The fourth-order valence-corrected chi connectivity index (χ4v) is 2.91. The van der Waals surface area contributed by atoms with Gasteiger partial charge in [0, 0.05) is 18.1 Å². The van der Waals surface area contributed by atoms with Crippen LogP contribution in [0.1, 0.15) is 6.92 Å². The maximum absolute atomic E-state index is 3.53. The Hall–Kier alpha value is -0.280. The van der Waals surface area contributed by atoms with Crippen LogP contribution in [0.5, 0.6) is 0 Å². The lowest BCUT2D eigenvalue weighted by molar-refractivity contribution is 0.797. The lowest BCUT2D eigenvalue weighted by Crippen LogP contribution is -1.89. The topological polar surface area (TPSA) is 4.93 Å². The van der Waals surface area contributed by atoms with E-state index in [1.54, 1.807) is 11.3 Å². The molecule has 0 saturated heterocycles. The van der Waals surface area contributed by atoms with Gasteiger partial charge in [0.1, 0.15) is 0 Å². The Bertz CT molecular complexity index is 374. The van der Waals surface area contributed by atoms with Crippen LogP contribution in [0.25, 0.3) is 10.2 Å². The molecule has 0 radical (unpaired) electrons. The SMILES string of the molecule is CCn1ccc2scc(Br)c21. The van der Waals surface area contributed by atoms with Crippen molar-refractivity contribution in [3.8, 4) is 0 Å². The van der Waals surface area contributed by atoms with Gasteiger partial charge in [-0.25, -0.2) is 0 Å². The summed E-state index contributed by atoms with van der Waals surface area (Å²) in [5.41, 5.74) is 1.33. The predicted molar refractivity (Wildman–Crippen MR) is 53.2 cm³/mol. The Labute approximate surface area is 77.8 Å². The Kier molecular flexibility index (Phi) is 1.77. The van der Waals surface area contributed by atoms with Crippen molar-refractivity contribution in [1.82, 2.24) is 4.57 Å². The van der Waals surface area contributed by atoms with Gasteiger partial charge in [-0.1, -0.05) is 0 Å². The summed E-state index contributed by atoms with van der Waals surface area (Å²) in [4.78, 5) is 0. The summed E-state index contributed by atoms with van der Waals surface area (Å²) in [6.45, 7) is 3.20. The fourth-order valence-electron chi connectivity index (χ4n) is 1.24. The van der Waals surface area contributed by atoms with E-state index >= 15 is 0 Å². The number of aryl methyl sites for hydroxylation is 1. The zero-order valence-corrected chi connectivity index (χ0v) is 8.58. The molecule has 2 rings (SSSR count). The van der Waals surface area contributed by atoms with Gasteiger partial charge in [0.25, 0.3) is 0 Å². The van der Waals surface area contributed by atoms with Crippen LogP contribution >= 0.6 is 27.3 Å². The van der Waals surface area contributed by atoms with Crippen molar-refractivity contribution < 1.29 is 0 Å². The molecule has 0 atom stereocenters. The van der Waals surface area contributed by atoms with Crippen LogP contribution in [-0.2, 0) is 6.54 Å². The third kappa shape index (κ3) is 1.03. The van der Waals surface area contributed by atoms with E-state index in [0.717, 1.165) is 6.54 Å². The van der Waals surface area contributed by atoms with E-state index in [9.17, 15) is 0 Å². The normalized spacial score (nSPS) is 11.1. The molecule has 0 N–H and O–H groups in total. The van der Waals surface area contributed by atoms with Crippen molar-refractivity contribution in [2.45, 2.75) is 13.5 Å². The maximum Gasteiger partial charge on any atom is 0.0734 e. The van der Waals surface area contributed by atoms with E-state index in [2.05, 4.69) is 45.1 Å². The van der Waals surface area contributed by atoms with Crippen LogP contribution < -0.4 is 0 Å². The minimum atomic E-state index is 1.04. The quantitative estimate of drug-likeness (QED) is 0.706. The van der Waals surface area contributed by atoms with Crippen molar-refractivity contribution in [2.24, 2.45) is 0 Å². The Morgan fingerprint density at radius 2 is 2.45 bits per heavy atom. The minimum absolute atomic E-state index is 1.04. The highest BCUT2D eigenvalue weighted by molar-refractivity contribution is 9.10. The molecule has 2 aromatic heterocycles. The molecule has 0 unspecified atom stereocenters. The van der Waals surface area contributed by atoms with E-state index < -0.39 is 0 Å². The van der Waals surface area contributed by atoms with Gasteiger partial charge < -0.3 is 4.57 Å². The highest BCUT2D eigenvalue weighted by Gasteiger charge is 2.04. The maximum atomic E-state index is 3.53. The molecule has 0 aromatic carbocycles. The first-order chi connectivity index (χ1) is 5.33. The van der Waals surface area contributed by atoms with Gasteiger partial charge in [0.2, 0.25) is 0 Å². The van der Waals surface area contributed by atoms with E-state index in [4.69, 9.17) is 0 Å². The van der Waals surface area contributed by atoms with Gasteiger partial charge in [-0.2, -0.15) is 0 Å². The van der Waals surface area contributed by atoms with Crippen molar-refractivity contribution in [1.29, 1.82) is 0 Å². The summed E-state index contributed by atoms with van der Waals surface area (Å²) < 4.78 is 4.82. The average Bonchev–Trinajstić information content (AvgIpc) is 2.54. The highest BCUT2D eigenvalue weighted by atomic mass is 79.9. The zero-order chi connectivity index (χ0) is 7.84. The van der Waals surface area contributed by atoms with E-state index in [1.165, 1.54) is 14.7 Å². The standard InChI is InChI=1S/C8H8BrNS/c1-2-10-4-3-7-8(10)6(9)5-11-7/h3-5H,2H2,1H3. The van der Waals surface area contributed by atoms with Crippen molar-refractivity contribution in [2.75, 3.05) is 0 Å². The first-order valence-electron chi connectivity index (χ1n) is 3.54. The van der Waals surface area contributed by atoms with Crippen LogP contribution in [0, 0.1) is 0 Å². The summed E-state index contributed by atoms with van der Waals surface area (Å²) in [5, 5.41) is 2.14. The van der Waals surface area contributed by atoms with E-state index in [0.29, 0.717) is 0 Å². The molecule has 0 spiro atoms. The molecule has 0 amide bonds. The number of halogens is 1. The van der Waals surface area contributed by atoms with Gasteiger partial charge >= 0.3 is 0 Å². The van der Waals surface area contributed by atoms with E-state index in [1.807, 2.05) is 0 Å². The molecule has 0 aliphatic rings. The molecule has 0 bridgehead atoms. The molecular weight excluding hydrogens is 222 g/mol. The number of hydrogen-bond donors (Lipinski definition) is 0. The van der Waals surface area contributed by atoms with Crippen molar-refractivity contribution >= 4 is 37.5 Å². The lowest BCUT2D eigenvalue weighted by atomic mass is 10.5. The van der Waals surface area contributed by atoms with Crippen LogP contribution in [0.3, 0.4) is 0 Å². The summed E-state index contributed by atoms with van der Waals surface area (Å²) in [7, 11) is 0. The second kappa shape index (κ2) is 2.64. The summed E-state index contributed by atoms with van der Waals surface area (Å²) >= 11 is 5.31. The molecule has 3 heteroatoms. The smallest absolute Gasteiger partial charge is 0.0734 e. The molecule has 0 aliphatic heterocycles. The van der Waals surface area contributed by atoms with Crippen LogP contribution in [0.15, 0.2) is 22.1 Å². The van der Waals surface area contributed by atoms with Gasteiger partial charge in [0.15, 0.2) is 0 Å². The molecule has 0 saturated carbocycles. The summed E-state index contributed by atoms with van der Waals surface area (Å²) in [5.74, 6) is 0. The zero-order valence-electron chi connectivity index (χ0n) is 6.17. The number of hydrogen-bond acceptors (Lipinski definition) is 1. The number of aromatic nitrogens is 1. The molecule has 2 heterocycles. The average molecular weight is 230 g/mol. The first kappa shape index (κ1) is 7.37. The third-order valence-electron chi connectivity index (χ3n) is 1.78. The van der Waals surface area contributed by atoms with Gasteiger partial charge in [0.05, 0.1) is 14.7 Å². The molecule has 0 aliphatic carbocycles. The largest absolute Gasteiger partial charge is 0.346 e. The predicted octanol–water partition coefficient (Wildman–Crippen LogP) is 3.49. The Balaban J connectivity index is 2.80. The van der Waals surface area contributed by atoms with Crippen LogP contribution in [0.4, 0.5) is 0 Å². The van der Waals surface area contributed by atoms with E-state index in [-0.39, 0.29) is 0 Å². The third-order valence-corrected chi connectivity index (χ3v) is 3.63. The second-order valence-corrected chi connectivity index (χ2v) is 4.16. The lowest BCUT2D eigenvalue weighted by Gasteiger charge is -1.96. The molecule has 11 heavy (non-hydrogen) atoms. The molecule has 58 valence electrons. The Morgan fingerprint density at radius 1 is 1.64 bits per heavy atom. The van der Waals surface area contributed by atoms with Crippen molar-refractivity contribution in [3.63, 3.8) is 0 Å². The minimum Gasteiger partial charge on any atom is -0.346 e. The molecule has 2 aromatic rings. The molecule has 0 fully saturated rings. The number of fused-ring (bicyclic) bond motifs is 1. The van der Waals surface area contributed by atoms with Gasteiger partial charge in [-0.15, -0.1) is 11.3 Å². The van der Waals surface area contributed by atoms with Crippen molar-refractivity contribution in [3.05, 3.63) is 22.1 Å². The summed E-state index contributed by atoms with van der Waals surface area (Å²) in [6, 6.07) is 2.16. The molecule has 1 nitrogen and oxygen atoms in total. The van der Waals surface area contributed by atoms with Crippen LogP contribution in [0.2, 0.25) is 0 Å². The monoisotopic (exact) mass is 229 g/mol. The number of thiophene rings is 1. The highest BCUT2D eigenvalue weighted by Crippen LogP contribution is 2.30. The van der Waals surface area contributed by atoms with Crippen LogP contribution in [-0.4, -0.2) is 4.57 Å². The number of rotatable bonds is 1. The fraction of sp³-hybridized carbons (Fsp3) is 0.250. The van der Waals surface area contributed by atoms with Gasteiger partial charge in [-0.3, -0.25) is 0 Å². The van der Waals surface area contributed by atoms with Gasteiger partial charge in [-0.05, 0) is 28.9 Å². The first-order valence-corrected chi connectivity index (χ1v) is 5.22. The number of nitrogens with zero attached hydrogens (tertiary/aromatic N) is 1. The Morgan fingerprint density at radius 3 is 3.18 bits per heavy atom. The summed E-state index contributed by atoms with van der Waals surface area (Å²) in [6.07, 6.45) is 2.13. The second-order valence-electron chi connectivity index (χ2n) is 2.40. The molecular formula is C8H8BrNS.